The van der Waals surface area contributed by atoms with E-state index in [9.17, 15) is 8.42 Å². The van der Waals surface area contributed by atoms with Gasteiger partial charge in [0.25, 0.3) is 0 Å². The Morgan fingerprint density at radius 1 is 1.29 bits per heavy atom. The lowest BCUT2D eigenvalue weighted by Gasteiger charge is -2.36. The Labute approximate surface area is 145 Å². The zero-order valence-corrected chi connectivity index (χ0v) is 15.5. The molecule has 0 amide bonds. The molecular formula is C13H16Cl3NO2S2. The maximum absolute atomic E-state index is 12.9. The molecule has 0 aliphatic carbocycles. The number of halogens is 3. The van der Waals surface area contributed by atoms with Crippen molar-refractivity contribution in [1.82, 2.24) is 4.31 Å². The van der Waals surface area contributed by atoms with Crippen molar-refractivity contribution in [2.45, 2.75) is 35.9 Å². The van der Waals surface area contributed by atoms with Gasteiger partial charge in [0.05, 0.1) is 5.02 Å². The van der Waals surface area contributed by atoms with Gasteiger partial charge in [-0.25, -0.2) is 8.42 Å². The van der Waals surface area contributed by atoms with Crippen molar-refractivity contribution in [3.8, 4) is 0 Å². The average molecular weight is 389 g/mol. The first-order valence-corrected chi connectivity index (χ1v) is 10.2. The van der Waals surface area contributed by atoms with Crippen LogP contribution in [0.3, 0.4) is 0 Å². The monoisotopic (exact) mass is 387 g/mol. The minimum absolute atomic E-state index is 0.0789. The van der Waals surface area contributed by atoms with Crippen LogP contribution in [0, 0.1) is 0 Å². The maximum Gasteiger partial charge on any atom is 0.244 e. The quantitative estimate of drug-likeness (QED) is 0.727. The molecule has 1 aliphatic heterocycles. The number of hydrogen-bond acceptors (Lipinski definition) is 3. The number of thioether (sulfide) groups is 1. The van der Waals surface area contributed by atoms with Crippen molar-refractivity contribution in [3.63, 3.8) is 0 Å². The Kier molecular flexibility index (Phi) is 5.77. The molecular weight excluding hydrogens is 373 g/mol. The molecule has 0 aromatic heterocycles. The highest BCUT2D eigenvalue weighted by molar-refractivity contribution is 8.00. The number of nitrogens with zero attached hydrogens (tertiary/aromatic N) is 1. The van der Waals surface area contributed by atoms with Gasteiger partial charge >= 0.3 is 0 Å². The second kappa shape index (κ2) is 6.85. The Morgan fingerprint density at radius 3 is 2.57 bits per heavy atom. The van der Waals surface area contributed by atoms with Crippen LogP contribution in [0.5, 0.6) is 0 Å². The summed E-state index contributed by atoms with van der Waals surface area (Å²) in [6, 6.07) is 2.84. The van der Waals surface area contributed by atoms with Crippen LogP contribution in [0.2, 0.25) is 10.0 Å². The molecule has 1 aromatic carbocycles. The Morgan fingerprint density at radius 2 is 1.95 bits per heavy atom. The van der Waals surface area contributed by atoms with Crippen LogP contribution in [0.1, 0.15) is 19.4 Å². The summed E-state index contributed by atoms with van der Waals surface area (Å²) < 4.78 is 27.3. The molecule has 1 aliphatic rings. The molecule has 0 saturated carbocycles. The van der Waals surface area contributed by atoms with E-state index in [1.807, 2.05) is 13.8 Å². The third-order valence-corrected chi connectivity index (χ3v) is 8.09. The molecule has 0 bridgehead atoms. The first-order chi connectivity index (χ1) is 9.78. The van der Waals surface area contributed by atoms with Gasteiger partial charge in [0.15, 0.2) is 0 Å². The molecule has 0 radical (unpaired) electrons. The van der Waals surface area contributed by atoms with Crippen molar-refractivity contribution in [3.05, 3.63) is 27.7 Å². The van der Waals surface area contributed by atoms with Gasteiger partial charge in [0.2, 0.25) is 10.0 Å². The third kappa shape index (κ3) is 3.48. The van der Waals surface area contributed by atoms with Crippen LogP contribution < -0.4 is 0 Å². The van der Waals surface area contributed by atoms with Crippen molar-refractivity contribution in [2.24, 2.45) is 0 Å². The fraction of sp³-hybridized carbons (Fsp3) is 0.538. The van der Waals surface area contributed by atoms with Crippen LogP contribution in [-0.2, 0) is 15.9 Å². The number of rotatable bonds is 3. The first-order valence-electron chi connectivity index (χ1n) is 6.46. The largest absolute Gasteiger partial charge is 0.244 e. The van der Waals surface area contributed by atoms with Crippen molar-refractivity contribution in [2.75, 3.05) is 12.3 Å². The van der Waals surface area contributed by atoms with Crippen LogP contribution in [0.25, 0.3) is 0 Å². The molecule has 2 rings (SSSR count). The van der Waals surface area contributed by atoms with Gasteiger partial charge in [0.1, 0.15) is 4.90 Å². The van der Waals surface area contributed by atoms with E-state index in [0.717, 1.165) is 5.75 Å². The molecule has 0 spiro atoms. The van der Waals surface area contributed by atoms with Crippen LogP contribution >= 0.6 is 46.6 Å². The summed E-state index contributed by atoms with van der Waals surface area (Å²) in [6.45, 7) is 4.43. The maximum atomic E-state index is 12.9. The lowest BCUT2D eigenvalue weighted by Crippen LogP contribution is -2.47. The molecule has 8 heteroatoms. The van der Waals surface area contributed by atoms with Crippen molar-refractivity contribution < 1.29 is 8.42 Å². The summed E-state index contributed by atoms with van der Waals surface area (Å²) in [5.41, 5.74) is 0.563. The molecule has 1 saturated heterocycles. The fourth-order valence-corrected chi connectivity index (χ4v) is 6.37. The summed E-state index contributed by atoms with van der Waals surface area (Å²) in [6.07, 6.45) is 0. The van der Waals surface area contributed by atoms with Gasteiger partial charge in [-0.15, -0.1) is 11.6 Å². The molecule has 118 valence electrons. The smallest absolute Gasteiger partial charge is 0.207 e. The van der Waals surface area contributed by atoms with E-state index in [2.05, 4.69) is 0 Å². The predicted molar refractivity (Wildman–Crippen MR) is 91.3 cm³/mol. The topological polar surface area (TPSA) is 37.4 Å². The summed E-state index contributed by atoms with van der Waals surface area (Å²) in [4.78, 5) is 0.0789. The molecule has 2 atom stereocenters. The summed E-state index contributed by atoms with van der Waals surface area (Å²) in [7, 11) is -3.65. The van der Waals surface area contributed by atoms with Crippen LogP contribution in [0.4, 0.5) is 0 Å². The third-order valence-electron chi connectivity index (χ3n) is 3.66. The second-order valence-electron chi connectivity index (χ2n) is 4.94. The summed E-state index contributed by atoms with van der Waals surface area (Å²) in [5.74, 6) is 0.915. The lowest BCUT2D eigenvalue weighted by molar-refractivity contribution is 0.340. The number of hydrogen-bond donors (Lipinski definition) is 0. The molecule has 1 aromatic rings. The van der Waals surface area contributed by atoms with Gasteiger partial charge in [0, 0.05) is 34.5 Å². The van der Waals surface area contributed by atoms with E-state index in [1.165, 1.54) is 16.4 Å². The predicted octanol–water partition coefficient (Wildman–Crippen LogP) is 4.25. The van der Waals surface area contributed by atoms with E-state index in [4.69, 9.17) is 34.8 Å². The molecule has 1 heterocycles. The Balaban J connectivity index is 2.49. The minimum atomic E-state index is -3.65. The highest BCUT2D eigenvalue weighted by Gasteiger charge is 2.36. The lowest BCUT2D eigenvalue weighted by atomic mass is 10.2. The van der Waals surface area contributed by atoms with Crippen LogP contribution in [0.15, 0.2) is 17.0 Å². The zero-order valence-electron chi connectivity index (χ0n) is 11.6. The number of alkyl halides is 1. The first kappa shape index (κ1) is 17.7. The highest BCUT2D eigenvalue weighted by atomic mass is 35.5. The number of sulfonamides is 1. The average Bonchev–Trinajstić information content (AvgIpc) is 2.41. The van der Waals surface area contributed by atoms with Crippen molar-refractivity contribution >= 4 is 56.6 Å². The highest BCUT2D eigenvalue weighted by Crippen LogP contribution is 2.35. The fourth-order valence-electron chi connectivity index (χ4n) is 2.24. The minimum Gasteiger partial charge on any atom is -0.207 e. The molecule has 3 nitrogen and oxygen atoms in total. The Hall–Kier alpha value is 0.350. The molecule has 21 heavy (non-hydrogen) atoms. The van der Waals surface area contributed by atoms with Gasteiger partial charge in [-0.05, 0) is 24.6 Å². The molecule has 2 unspecified atom stereocenters. The van der Waals surface area contributed by atoms with E-state index in [-0.39, 0.29) is 27.1 Å². The normalized spacial score (nSPS) is 24.2. The van der Waals surface area contributed by atoms with Gasteiger partial charge in [-0.1, -0.05) is 30.1 Å². The standard InChI is InChI=1S/C13H16Cl3NO2S2/c1-8-9(2)20-4-3-17(8)21(18,19)13-5-10(7-14)11(15)6-12(13)16/h5-6,8-9H,3-4,7H2,1-2H3. The van der Waals surface area contributed by atoms with E-state index < -0.39 is 10.0 Å². The van der Waals surface area contributed by atoms with E-state index >= 15 is 0 Å². The van der Waals surface area contributed by atoms with Crippen molar-refractivity contribution in [1.29, 1.82) is 0 Å². The van der Waals surface area contributed by atoms with E-state index in [0.29, 0.717) is 17.1 Å². The SMILES string of the molecule is CC1SCCN(S(=O)(=O)c2cc(CCl)c(Cl)cc2Cl)C1C. The Bertz CT molecular complexity index is 637. The van der Waals surface area contributed by atoms with Gasteiger partial charge in [-0.2, -0.15) is 16.1 Å². The van der Waals surface area contributed by atoms with Crippen LogP contribution in [-0.4, -0.2) is 36.3 Å². The number of benzene rings is 1. The van der Waals surface area contributed by atoms with E-state index in [1.54, 1.807) is 11.8 Å². The zero-order chi connectivity index (χ0) is 15.8. The second-order valence-corrected chi connectivity index (χ2v) is 9.37. The summed E-state index contributed by atoms with van der Waals surface area (Å²) in [5, 5.41) is 0.753. The summed E-state index contributed by atoms with van der Waals surface area (Å²) >= 11 is 19.7. The van der Waals surface area contributed by atoms with Gasteiger partial charge < -0.3 is 0 Å². The molecule has 0 N–H and O–H groups in total. The van der Waals surface area contributed by atoms with Gasteiger partial charge in [-0.3, -0.25) is 0 Å². The molecule has 1 fully saturated rings.